The van der Waals surface area contributed by atoms with Gasteiger partial charge in [0, 0.05) is 19.0 Å². The van der Waals surface area contributed by atoms with Crippen LogP contribution in [-0.2, 0) is 6.54 Å². The lowest BCUT2D eigenvalue weighted by molar-refractivity contribution is 0.216. The second-order valence-electron chi connectivity index (χ2n) is 4.07. The SMILES string of the molecule is CCN(Cc1ccccc1)C(C)CC(N)=S. The van der Waals surface area contributed by atoms with Crippen molar-refractivity contribution in [1.82, 2.24) is 4.90 Å². The Morgan fingerprint density at radius 1 is 1.38 bits per heavy atom. The molecule has 88 valence electrons. The highest BCUT2D eigenvalue weighted by atomic mass is 32.1. The fourth-order valence-corrected chi connectivity index (χ4v) is 2.06. The second kappa shape index (κ2) is 6.61. The summed E-state index contributed by atoms with van der Waals surface area (Å²) in [6, 6.07) is 10.9. The molecule has 0 aromatic heterocycles. The molecule has 1 aromatic rings. The Bertz CT molecular complexity index is 324. The largest absolute Gasteiger partial charge is 0.393 e. The van der Waals surface area contributed by atoms with E-state index in [0.717, 1.165) is 19.5 Å². The topological polar surface area (TPSA) is 29.3 Å². The molecule has 0 aliphatic heterocycles. The quantitative estimate of drug-likeness (QED) is 0.770. The first-order valence-corrected chi connectivity index (χ1v) is 6.10. The molecule has 0 bridgehead atoms. The standard InChI is InChI=1S/C13H20N2S/c1-3-15(11(2)9-13(14)16)10-12-7-5-4-6-8-12/h4-8,11H,3,9-10H2,1-2H3,(H2,14,16). The van der Waals surface area contributed by atoms with Crippen LogP contribution in [0, 0.1) is 0 Å². The molecule has 1 unspecified atom stereocenters. The predicted octanol–water partition coefficient (Wildman–Crippen LogP) is 2.57. The highest BCUT2D eigenvalue weighted by molar-refractivity contribution is 7.80. The molecule has 2 nitrogen and oxygen atoms in total. The van der Waals surface area contributed by atoms with Gasteiger partial charge in [-0.25, -0.2) is 0 Å². The summed E-state index contributed by atoms with van der Waals surface area (Å²) < 4.78 is 0. The lowest BCUT2D eigenvalue weighted by atomic mass is 10.1. The molecule has 0 fully saturated rings. The van der Waals surface area contributed by atoms with Crippen LogP contribution in [0.5, 0.6) is 0 Å². The highest BCUT2D eigenvalue weighted by Crippen LogP contribution is 2.10. The number of benzene rings is 1. The molecular weight excluding hydrogens is 216 g/mol. The maximum atomic E-state index is 5.58. The van der Waals surface area contributed by atoms with E-state index in [0.29, 0.717) is 11.0 Å². The molecule has 0 aliphatic carbocycles. The van der Waals surface area contributed by atoms with Gasteiger partial charge in [-0.1, -0.05) is 49.5 Å². The van der Waals surface area contributed by atoms with Gasteiger partial charge in [0.25, 0.3) is 0 Å². The Morgan fingerprint density at radius 3 is 2.50 bits per heavy atom. The third kappa shape index (κ3) is 4.29. The summed E-state index contributed by atoms with van der Waals surface area (Å²) in [5.41, 5.74) is 6.92. The van der Waals surface area contributed by atoms with Crippen LogP contribution in [0.15, 0.2) is 30.3 Å². The second-order valence-corrected chi connectivity index (χ2v) is 4.59. The number of hydrogen-bond acceptors (Lipinski definition) is 2. The van der Waals surface area contributed by atoms with Crippen LogP contribution in [-0.4, -0.2) is 22.5 Å². The maximum Gasteiger partial charge on any atom is 0.0742 e. The molecule has 1 rings (SSSR count). The lowest BCUT2D eigenvalue weighted by Gasteiger charge is -2.27. The molecule has 0 amide bonds. The minimum absolute atomic E-state index is 0.405. The molecule has 0 aliphatic rings. The van der Waals surface area contributed by atoms with E-state index in [9.17, 15) is 0 Å². The summed E-state index contributed by atoms with van der Waals surface area (Å²) in [6.07, 6.45) is 0.788. The zero-order valence-corrected chi connectivity index (χ0v) is 10.8. The third-order valence-corrected chi connectivity index (χ3v) is 2.92. The zero-order valence-electron chi connectivity index (χ0n) is 10.0. The van der Waals surface area contributed by atoms with Crippen LogP contribution in [0.3, 0.4) is 0 Å². The molecule has 0 radical (unpaired) electrons. The van der Waals surface area contributed by atoms with E-state index in [1.807, 2.05) is 6.07 Å². The van der Waals surface area contributed by atoms with Crippen molar-refractivity contribution in [2.75, 3.05) is 6.54 Å². The van der Waals surface area contributed by atoms with Crippen molar-refractivity contribution >= 4 is 17.2 Å². The minimum Gasteiger partial charge on any atom is -0.393 e. The van der Waals surface area contributed by atoms with Gasteiger partial charge >= 0.3 is 0 Å². The van der Waals surface area contributed by atoms with Gasteiger partial charge < -0.3 is 5.73 Å². The van der Waals surface area contributed by atoms with Crippen molar-refractivity contribution in [3.63, 3.8) is 0 Å². The van der Waals surface area contributed by atoms with Crippen molar-refractivity contribution in [3.05, 3.63) is 35.9 Å². The molecular formula is C13H20N2S. The van der Waals surface area contributed by atoms with E-state index in [-0.39, 0.29) is 0 Å². The maximum absolute atomic E-state index is 5.58. The van der Waals surface area contributed by atoms with Gasteiger partial charge in [0.15, 0.2) is 0 Å². The smallest absolute Gasteiger partial charge is 0.0742 e. The molecule has 0 saturated heterocycles. The highest BCUT2D eigenvalue weighted by Gasteiger charge is 2.12. The number of nitrogens with zero attached hydrogens (tertiary/aromatic N) is 1. The fourth-order valence-electron chi connectivity index (χ4n) is 1.82. The van der Waals surface area contributed by atoms with Crippen LogP contribution >= 0.6 is 12.2 Å². The van der Waals surface area contributed by atoms with Gasteiger partial charge in [-0.2, -0.15) is 0 Å². The minimum atomic E-state index is 0.405. The van der Waals surface area contributed by atoms with Crippen molar-refractivity contribution in [1.29, 1.82) is 0 Å². The van der Waals surface area contributed by atoms with E-state index in [4.69, 9.17) is 18.0 Å². The first-order valence-electron chi connectivity index (χ1n) is 5.69. The van der Waals surface area contributed by atoms with E-state index in [1.165, 1.54) is 5.56 Å². The van der Waals surface area contributed by atoms with Crippen LogP contribution < -0.4 is 5.73 Å². The number of nitrogens with two attached hydrogens (primary N) is 1. The van der Waals surface area contributed by atoms with Gasteiger partial charge in [-0.3, -0.25) is 4.90 Å². The summed E-state index contributed by atoms with van der Waals surface area (Å²) in [5.74, 6) is 0. The molecule has 1 aromatic carbocycles. The van der Waals surface area contributed by atoms with Crippen molar-refractivity contribution in [3.8, 4) is 0 Å². The summed E-state index contributed by atoms with van der Waals surface area (Å²) in [4.78, 5) is 2.98. The summed E-state index contributed by atoms with van der Waals surface area (Å²) in [6.45, 7) is 6.31. The summed E-state index contributed by atoms with van der Waals surface area (Å²) in [7, 11) is 0. The van der Waals surface area contributed by atoms with Crippen LogP contribution in [0.4, 0.5) is 0 Å². The fraction of sp³-hybridized carbons (Fsp3) is 0.462. The van der Waals surface area contributed by atoms with Gasteiger partial charge in [0.05, 0.1) is 4.99 Å². The Morgan fingerprint density at radius 2 is 2.00 bits per heavy atom. The molecule has 0 saturated carbocycles. The number of thiocarbonyl (C=S) groups is 1. The van der Waals surface area contributed by atoms with Crippen LogP contribution in [0.25, 0.3) is 0 Å². The van der Waals surface area contributed by atoms with Crippen LogP contribution in [0.1, 0.15) is 25.8 Å². The molecule has 3 heteroatoms. The van der Waals surface area contributed by atoms with E-state index in [1.54, 1.807) is 0 Å². The summed E-state index contributed by atoms with van der Waals surface area (Å²) in [5, 5.41) is 0. The van der Waals surface area contributed by atoms with Crippen molar-refractivity contribution in [2.45, 2.75) is 32.9 Å². The average Bonchev–Trinajstić information content (AvgIpc) is 2.26. The number of hydrogen-bond donors (Lipinski definition) is 1. The zero-order chi connectivity index (χ0) is 12.0. The van der Waals surface area contributed by atoms with Crippen molar-refractivity contribution in [2.24, 2.45) is 5.73 Å². The monoisotopic (exact) mass is 236 g/mol. The first kappa shape index (κ1) is 13.1. The Labute approximate surface area is 103 Å². The van der Waals surface area contributed by atoms with Gasteiger partial charge in [0.2, 0.25) is 0 Å². The van der Waals surface area contributed by atoms with E-state index >= 15 is 0 Å². The van der Waals surface area contributed by atoms with Crippen LogP contribution in [0.2, 0.25) is 0 Å². The summed E-state index contributed by atoms with van der Waals surface area (Å²) >= 11 is 4.95. The predicted molar refractivity (Wildman–Crippen MR) is 73.4 cm³/mol. The van der Waals surface area contributed by atoms with E-state index < -0.39 is 0 Å². The molecule has 0 spiro atoms. The van der Waals surface area contributed by atoms with Gasteiger partial charge in [0.1, 0.15) is 0 Å². The normalized spacial score (nSPS) is 12.7. The lowest BCUT2D eigenvalue weighted by Crippen LogP contribution is -2.35. The Balaban J connectivity index is 2.58. The van der Waals surface area contributed by atoms with Gasteiger partial charge in [-0.15, -0.1) is 0 Å². The van der Waals surface area contributed by atoms with Crippen molar-refractivity contribution < 1.29 is 0 Å². The molecule has 0 heterocycles. The average molecular weight is 236 g/mol. The Hall–Kier alpha value is -0.930. The molecule has 16 heavy (non-hydrogen) atoms. The molecule has 2 N–H and O–H groups in total. The molecule has 1 atom stereocenters. The van der Waals surface area contributed by atoms with E-state index in [2.05, 4.69) is 43.0 Å². The third-order valence-electron chi connectivity index (χ3n) is 2.75. The first-order chi connectivity index (χ1) is 7.63. The number of rotatable bonds is 6. The van der Waals surface area contributed by atoms with Gasteiger partial charge in [-0.05, 0) is 19.0 Å². The Kier molecular flexibility index (Phi) is 5.43.